The van der Waals surface area contributed by atoms with Crippen molar-refractivity contribution in [1.29, 1.82) is 0 Å². The number of nitrogens with zero attached hydrogens (tertiary/aromatic N) is 3. The van der Waals surface area contributed by atoms with Gasteiger partial charge in [-0.25, -0.2) is 22.8 Å². The van der Waals surface area contributed by atoms with Gasteiger partial charge in [-0.2, -0.15) is 4.31 Å². The minimum absolute atomic E-state index is 0.0348. The molecule has 140 valence electrons. The third-order valence-electron chi connectivity index (χ3n) is 4.00. The summed E-state index contributed by atoms with van der Waals surface area (Å²) in [5, 5.41) is 0. The van der Waals surface area contributed by atoms with Gasteiger partial charge in [0, 0.05) is 18.9 Å². The highest BCUT2D eigenvalue weighted by Gasteiger charge is 2.32. The van der Waals surface area contributed by atoms with E-state index in [4.69, 9.17) is 9.47 Å². The Balaban J connectivity index is 1.75. The van der Waals surface area contributed by atoms with E-state index in [0.717, 1.165) is 6.07 Å². The second-order valence-corrected chi connectivity index (χ2v) is 7.74. The van der Waals surface area contributed by atoms with Crippen molar-refractivity contribution in [3.63, 3.8) is 0 Å². The fourth-order valence-electron chi connectivity index (χ4n) is 2.78. The van der Waals surface area contributed by atoms with Crippen LogP contribution in [-0.2, 0) is 10.0 Å². The maximum atomic E-state index is 14.0. The zero-order valence-electron chi connectivity index (χ0n) is 14.3. The van der Waals surface area contributed by atoms with Gasteiger partial charge in [-0.1, -0.05) is 0 Å². The topological polar surface area (TPSA) is 81.6 Å². The number of ether oxygens (including phenoxy) is 2. The first-order chi connectivity index (χ1) is 12.5. The Morgan fingerprint density at radius 2 is 2.08 bits per heavy atom. The lowest BCUT2D eigenvalue weighted by atomic mass is 10.1. The number of sulfonamides is 1. The van der Waals surface area contributed by atoms with Crippen LogP contribution in [0.2, 0.25) is 0 Å². The summed E-state index contributed by atoms with van der Waals surface area (Å²) in [5.41, 5.74) is 0. The smallest absolute Gasteiger partial charge is 0.316 e. The van der Waals surface area contributed by atoms with E-state index in [-0.39, 0.29) is 29.3 Å². The Bertz CT molecular complexity index is 848. The Hall–Kier alpha value is -2.26. The van der Waals surface area contributed by atoms with Crippen LogP contribution in [0.1, 0.15) is 19.8 Å². The monoisotopic (exact) mass is 381 g/mol. The predicted octanol–water partition coefficient (Wildman–Crippen LogP) is 2.25. The molecule has 1 aromatic heterocycles. The van der Waals surface area contributed by atoms with E-state index < -0.39 is 15.8 Å². The van der Waals surface area contributed by atoms with Crippen LogP contribution >= 0.6 is 0 Å². The largest absolute Gasteiger partial charge is 0.491 e. The van der Waals surface area contributed by atoms with Crippen LogP contribution in [0.4, 0.5) is 4.39 Å². The van der Waals surface area contributed by atoms with Crippen LogP contribution in [0.15, 0.2) is 41.6 Å². The fraction of sp³-hybridized carbons (Fsp3) is 0.412. The number of aromatic nitrogens is 2. The summed E-state index contributed by atoms with van der Waals surface area (Å²) in [6, 6.07) is 5.56. The fourth-order valence-corrected chi connectivity index (χ4v) is 4.30. The molecule has 26 heavy (non-hydrogen) atoms. The van der Waals surface area contributed by atoms with Crippen LogP contribution in [0, 0.1) is 5.82 Å². The summed E-state index contributed by atoms with van der Waals surface area (Å²) in [4.78, 5) is 7.88. The molecule has 0 N–H and O–H groups in total. The van der Waals surface area contributed by atoms with Gasteiger partial charge in [0.05, 0.1) is 18.0 Å². The van der Waals surface area contributed by atoms with Gasteiger partial charge >= 0.3 is 6.01 Å². The van der Waals surface area contributed by atoms with Gasteiger partial charge in [0.15, 0.2) is 11.6 Å². The molecule has 1 aliphatic heterocycles. The van der Waals surface area contributed by atoms with E-state index in [9.17, 15) is 12.8 Å². The van der Waals surface area contributed by atoms with Crippen LogP contribution < -0.4 is 9.47 Å². The number of benzene rings is 1. The highest BCUT2D eigenvalue weighted by Crippen LogP contribution is 2.26. The van der Waals surface area contributed by atoms with Crippen molar-refractivity contribution in [3.8, 4) is 11.8 Å². The lowest BCUT2D eigenvalue weighted by Crippen LogP contribution is -2.44. The Morgan fingerprint density at radius 1 is 1.31 bits per heavy atom. The third-order valence-corrected chi connectivity index (χ3v) is 5.86. The average molecular weight is 381 g/mol. The molecule has 0 aliphatic carbocycles. The van der Waals surface area contributed by atoms with Crippen molar-refractivity contribution in [3.05, 3.63) is 42.5 Å². The molecule has 1 atom stereocenters. The van der Waals surface area contributed by atoms with Gasteiger partial charge in [-0.15, -0.1) is 0 Å². The van der Waals surface area contributed by atoms with Gasteiger partial charge < -0.3 is 9.47 Å². The summed E-state index contributed by atoms with van der Waals surface area (Å²) in [6.45, 7) is 2.55. The summed E-state index contributed by atoms with van der Waals surface area (Å²) in [6.07, 6.45) is 4.09. The summed E-state index contributed by atoms with van der Waals surface area (Å²) >= 11 is 0. The SMILES string of the molecule is CCOc1ccc(S(=O)(=O)N2CCCC(Oc3ncccn3)C2)cc1F. The van der Waals surface area contributed by atoms with Crippen LogP contribution in [0.25, 0.3) is 0 Å². The maximum absolute atomic E-state index is 14.0. The van der Waals surface area contributed by atoms with Crippen LogP contribution in [0.5, 0.6) is 11.8 Å². The first-order valence-corrected chi connectivity index (χ1v) is 9.81. The molecule has 1 saturated heterocycles. The molecule has 1 unspecified atom stereocenters. The first-order valence-electron chi connectivity index (χ1n) is 8.37. The van der Waals surface area contributed by atoms with Crippen molar-refractivity contribution in [2.24, 2.45) is 0 Å². The highest BCUT2D eigenvalue weighted by molar-refractivity contribution is 7.89. The number of piperidine rings is 1. The van der Waals surface area contributed by atoms with E-state index in [1.807, 2.05) is 0 Å². The van der Waals surface area contributed by atoms with E-state index in [0.29, 0.717) is 26.0 Å². The number of rotatable bonds is 6. The number of halogens is 1. The molecule has 3 rings (SSSR count). The molecule has 7 nitrogen and oxygen atoms in total. The standard InChI is InChI=1S/C17H20FN3O4S/c1-2-24-16-7-6-14(11-15(16)18)26(22,23)21-10-3-5-13(12-21)25-17-19-8-4-9-20-17/h4,6-9,11,13H,2-3,5,10,12H2,1H3. The second kappa shape index (κ2) is 7.96. The lowest BCUT2D eigenvalue weighted by molar-refractivity contribution is 0.119. The Kier molecular flexibility index (Phi) is 5.67. The molecule has 2 heterocycles. The molecule has 1 fully saturated rings. The first kappa shape index (κ1) is 18.5. The molecule has 9 heteroatoms. The zero-order valence-corrected chi connectivity index (χ0v) is 15.2. The number of hydrogen-bond donors (Lipinski definition) is 0. The number of hydrogen-bond acceptors (Lipinski definition) is 6. The maximum Gasteiger partial charge on any atom is 0.316 e. The van der Waals surface area contributed by atoms with Crippen molar-refractivity contribution in [1.82, 2.24) is 14.3 Å². The minimum Gasteiger partial charge on any atom is -0.491 e. The van der Waals surface area contributed by atoms with Gasteiger partial charge in [0.25, 0.3) is 0 Å². The third kappa shape index (κ3) is 4.10. The van der Waals surface area contributed by atoms with Gasteiger partial charge in [0.1, 0.15) is 6.10 Å². The van der Waals surface area contributed by atoms with E-state index in [1.165, 1.54) is 16.4 Å². The summed E-state index contributed by atoms with van der Waals surface area (Å²) in [5.74, 6) is -0.664. The Morgan fingerprint density at radius 3 is 2.77 bits per heavy atom. The van der Waals surface area contributed by atoms with Gasteiger partial charge in [-0.05, 0) is 44.0 Å². The molecule has 1 aromatic carbocycles. The normalized spacial score (nSPS) is 18.5. The average Bonchev–Trinajstić information content (AvgIpc) is 2.64. The molecular weight excluding hydrogens is 361 g/mol. The second-order valence-electron chi connectivity index (χ2n) is 5.80. The summed E-state index contributed by atoms with van der Waals surface area (Å²) in [7, 11) is -3.82. The molecular formula is C17H20FN3O4S. The highest BCUT2D eigenvalue weighted by atomic mass is 32.2. The Labute approximate surface area is 151 Å². The van der Waals surface area contributed by atoms with Crippen molar-refractivity contribution in [2.75, 3.05) is 19.7 Å². The summed E-state index contributed by atoms with van der Waals surface area (Å²) < 4.78 is 51.8. The van der Waals surface area contributed by atoms with Crippen molar-refractivity contribution in [2.45, 2.75) is 30.8 Å². The van der Waals surface area contributed by atoms with Gasteiger partial charge in [0.2, 0.25) is 10.0 Å². The minimum atomic E-state index is -3.82. The van der Waals surface area contributed by atoms with Crippen LogP contribution in [-0.4, -0.2) is 48.5 Å². The zero-order chi connectivity index (χ0) is 18.6. The lowest BCUT2D eigenvalue weighted by Gasteiger charge is -2.31. The van der Waals surface area contributed by atoms with Crippen LogP contribution in [0.3, 0.4) is 0 Å². The molecule has 0 saturated carbocycles. The van der Waals surface area contributed by atoms with Crippen molar-refractivity contribution < 1.29 is 22.3 Å². The van der Waals surface area contributed by atoms with Gasteiger partial charge in [-0.3, -0.25) is 0 Å². The van der Waals surface area contributed by atoms with E-state index >= 15 is 0 Å². The predicted molar refractivity (Wildman–Crippen MR) is 92.0 cm³/mol. The molecule has 0 bridgehead atoms. The van der Waals surface area contributed by atoms with E-state index in [2.05, 4.69) is 9.97 Å². The molecule has 0 radical (unpaired) electrons. The quantitative estimate of drug-likeness (QED) is 0.763. The molecule has 0 spiro atoms. The molecule has 1 aliphatic rings. The molecule has 0 amide bonds. The van der Waals surface area contributed by atoms with E-state index in [1.54, 1.807) is 25.4 Å². The molecule has 2 aromatic rings. The van der Waals surface area contributed by atoms with Crippen molar-refractivity contribution >= 4 is 10.0 Å².